The Balaban J connectivity index is 1.86. The molecule has 3 rings (SSSR count). The Bertz CT molecular complexity index is 587. The molecule has 1 aliphatic heterocycles. The van der Waals surface area contributed by atoms with E-state index in [4.69, 9.17) is 0 Å². The number of hydrogen-bond donors (Lipinski definition) is 1. The van der Waals surface area contributed by atoms with Crippen LogP contribution in [0.2, 0.25) is 0 Å². The van der Waals surface area contributed by atoms with Gasteiger partial charge in [0.15, 0.2) is 0 Å². The van der Waals surface area contributed by atoms with Crippen LogP contribution in [0.5, 0.6) is 0 Å². The summed E-state index contributed by atoms with van der Waals surface area (Å²) in [6.45, 7) is 0.514. The van der Waals surface area contributed by atoms with Crippen molar-refractivity contribution >= 4 is 17.6 Å². The molecule has 2 atom stereocenters. The molecule has 1 fully saturated rings. The number of carboxylic acid groups (broad SMARTS) is 1. The molecular formula is C16H18FNO3. The Morgan fingerprint density at radius 3 is 2.62 bits per heavy atom. The van der Waals surface area contributed by atoms with Gasteiger partial charge in [0.25, 0.3) is 0 Å². The van der Waals surface area contributed by atoms with Crippen molar-refractivity contribution < 1.29 is 19.1 Å². The number of aliphatic carboxylic acids is 1. The van der Waals surface area contributed by atoms with Crippen LogP contribution in [0, 0.1) is 17.7 Å². The zero-order chi connectivity index (χ0) is 15.0. The molecule has 1 aromatic carbocycles. The van der Waals surface area contributed by atoms with E-state index >= 15 is 0 Å². The maximum Gasteiger partial charge on any atom is 0.307 e. The first kappa shape index (κ1) is 14.0. The summed E-state index contributed by atoms with van der Waals surface area (Å²) in [6.07, 6.45) is 3.59. The Labute approximate surface area is 122 Å². The van der Waals surface area contributed by atoms with Gasteiger partial charge in [-0.05, 0) is 37.0 Å². The number of benzene rings is 1. The third-order valence-corrected chi connectivity index (χ3v) is 4.61. The molecule has 112 valence electrons. The van der Waals surface area contributed by atoms with Gasteiger partial charge in [-0.15, -0.1) is 0 Å². The van der Waals surface area contributed by atoms with Crippen LogP contribution in [0.15, 0.2) is 18.2 Å². The van der Waals surface area contributed by atoms with Gasteiger partial charge in [0, 0.05) is 12.2 Å². The van der Waals surface area contributed by atoms with Crippen molar-refractivity contribution in [2.24, 2.45) is 11.8 Å². The van der Waals surface area contributed by atoms with Crippen LogP contribution in [-0.4, -0.2) is 23.5 Å². The van der Waals surface area contributed by atoms with Gasteiger partial charge >= 0.3 is 5.97 Å². The van der Waals surface area contributed by atoms with Crippen LogP contribution in [0.25, 0.3) is 0 Å². The first-order valence-corrected chi connectivity index (χ1v) is 7.40. The second-order valence-corrected chi connectivity index (χ2v) is 5.85. The second-order valence-electron chi connectivity index (χ2n) is 5.85. The normalized spacial score (nSPS) is 24.7. The van der Waals surface area contributed by atoms with Gasteiger partial charge in [-0.2, -0.15) is 0 Å². The minimum atomic E-state index is -0.897. The summed E-state index contributed by atoms with van der Waals surface area (Å²) in [4.78, 5) is 25.7. The molecule has 0 bridgehead atoms. The molecule has 5 heteroatoms. The molecule has 1 amide bonds. The molecule has 4 nitrogen and oxygen atoms in total. The fourth-order valence-electron chi connectivity index (χ4n) is 3.50. The monoisotopic (exact) mass is 291 g/mol. The van der Waals surface area contributed by atoms with E-state index in [1.165, 1.54) is 12.1 Å². The topological polar surface area (TPSA) is 57.6 Å². The molecule has 2 aliphatic rings. The van der Waals surface area contributed by atoms with Crippen molar-refractivity contribution in [2.75, 3.05) is 11.4 Å². The summed E-state index contributed by atoms with van der Waals surface area (Å²) < 4.78 is 13.4. The predicted molar refractivity (Wildman–Crippen MR) is 75.5 cm³/mol. The van der Waals surface area contributed by atoms with Crippen LogP contribution in [-0.2, 0) is 16.0 Å². The zero-order valence-corrected chi connectivity index (χ0v) is 11.7. The van der Waals surface area contributed by atoms with E-state index in [1.54, 1.807) is 11.0 Å². The van der Waals surface area contributed by atoms with Gasteiger partial charge in [0.2, 0.25) is 5.91 Å². The molecule has 0 spiro atoms. The van der Waals surface area contributed by atoms with Crippen LogP contribution < -0.4 is 4.90 Å². The van der Waals surface area contributed by atoms with Crippen LogP contribution in [0.3, 0.4) is 0 Å². The van der Waals surface area contributed by atoms with Crippen molar-refractivity contribution in [3.63, 3.8) is 0 Å². The van der Waals surface area contributed by atoms with Crippen molar-refractivity contribution in [3.8, 4) is 0 Å². The van der Waals surface area contributed by atoms with Crippen molar-refractivity contribution in [1.82, 2.24) is 0 Å². The highest BCUT2D eigenvalue weighted by Crippen LogP contribution is 2.36. The zero-order valence-electron chi connectivity index (χ0n) is 11.7. The van der Waals surface area contributed by atoms with Gasteiger partial charge < -0.3 is 10.0 Å². The Kier molecular flexibility index (Phi) is 3.66. The molecule has 1 aromatic rings. The maximum atomic E-state index is 13.4. The van der Waals surface area contributed by atoms with Crippen molar-refractivity contribution in [2.45, 2.75) is 32.1 Å². The standard InChI is InChI=1S/C16H18FNO3/c17-11-6-5-10-7-8-18(14(10)9-11)15(19)12-3-1-2-4-13(12)16(20)21/h5-6,9,12-13H,1-4,7-8H2,(H,20,21)/t12-,13+/m1/s1. The summed E-state index contributed by atoms with van der Waals surface area (Å²) in [6, 6.07) is 4.47. The molecule has 1 aliphatic carbocycles. The van der Waals surface area contributed by atoms with Gasteiger partial charge in [-0.1, -0.05) is 18.9 Å². The van der Waals surface area contributed by atoms with Gasteiger partial charge in [0.05, 0.1) is 11.8 Å². The fourth-order valence-corrected chi connectivity index (χ4v) is 3.50. The van der Waals surface area contributed by atoms with E-state index in [0.717, 1.165) is 18.4 Å². The summed E-state index contributed by atoms with van der Waals surface area (Å²) in [7, 11) is 0. The Hall–Kier alpha value is -1.91. The van der Waals surface area contributed by atoms with E-state index < -0.39 is 17.8 Å². The van der Waals surface area contributed by atoms with E-state index in [2.05, 4.69) is 0 Å². The molecule has 1 heterocycles. The fraction of sp³-hybridized carbons (Fsp3) is 0.500. The Morgan fingerprint density at radius 1 is 1.19 bits per heavy atom. The number of amides is 1. The minimum Gasteiger partial charge on any atom is -0.481 e. The first-order chi connectivity index (χ1) is 10.1. The number of anilines is 1. The van der Waals surface area contributed by atoms with Crippen LogP contribution >= 0.6 is 0 Å². The SMILES string of the molecule is O=C(O)[C@H]1CCCC[C@H]1C(=O)N1CCc2ccc(F)cc21. The quantitative estimate of drug-likeness (QED) is 0.911. The van der Waals surface area contributed by atoms with Crippen LogP contribution in [0.4, 0.5) is 10.1 Å². The lowest BCUT2D eigenvalue weighted by atomic mass is 9.78. The van der Waals surface area contributed by atoms with E-state index in [0.29, 0.717) is 31.5 Å². The molecule has 1 N–H and O–H groups in total. The second kappa shape index (κ2) is 5.47. The van der Waals surface area contributed by atoms with E-state index in [-0.39, 0.29) is 11.7 Å². The number of carbonyl (C=O) groups excluding carboxylic acids is 1. The molecule has 1 saturated carbocycles. The molecule has 0 saturated heterocycles. The van der Waals surface area contributed by atoms with Crippen LogP contribution in [0.1, 0.15) is 31.2 Å². The van der Waals surface area contributed by atoms with E-state index in [1.807, 2.05) is 0 Å². The number of halogens is 1. The smallest absolute Gasteiger partial charge is 0.307 e. The summed E-state index contributed by atoms with van der Waals surface area (Å²) in [5.74, 6) is -2.51. The van der Waals surface area contributed by atoms with Gasteiger partial charge in [0.1, 0.15) is 5.82 Å². The lowest BCUT2D eigenvalue weighted by molar-refractivity contribution is -0.148. The summed E-state index contributed by atoms with van der Waals surface area (Å²) in [5, 5.41) is 9.31. The Morgan fingerprint density at radius 2 is 1.90 bits per heavy atom. The number of carbonyl (C=O) groups is 2. The first-order valence-electron chi connectivity index (χ1n) is 7.40. The molecule has 0 radical (unpaired) electrons. The average molecular weight is 291 g/mol. The lowest BCUT2D eigenvalue weighted by Crippen LogP contribution is -2.42. The van der Waals surface area contributed by atoms with Gasteiger partial charge in [-0.3, -0.25) is 9.59 Å². The third-order valence-electron chi connectivity index (χ3n) is 4.61. The molecule has 0 unspecified atom stereocenters. The lowest BCUT2D eigenvalue weighted by Gasteiger charge is -2.31. The highest BCUT2D eigenvalue weighted by atomic mass is 19.1. The van der Waals surface area contributed by atoms with Crippen molar-refractivity contribution in [3.05, 3.63) is 29.6 Å². The van der Waals surface area contributed by atoms with E-state index in [9.17, 15) is 19.1 Å². The number of hydrogen-bond acceptors (Lipinski definition) is 2. The van der Waals surface area contributed by atoms with Gasteiger partial charge in [-0.25, -0.2) is 4.39 Å². The number of carboxylic acids is 1. The third kappa shape index (κ3) is 2.52. The maximum absolute atomic E-state index is 13.4. The summed E-state index contributed by atoms with van der Waals surface area (Å²) in [5.41, 5.74) is 1.56. The highest BCUT2D eigenvalue weighted by molar-refractivity contribution is 5.99. The molecule has 0 aromatic heterocycles. The highest BCUT2D eigenvalue weighted by Gasteiger charge is 2.39. The molecule has 21 heavy (non-hydrogen) atoms. The largest absolute Gasteiger partial charge is 0.481 e. The summed E-state index contributed by atoms with van der Waals surface area (Å²) >= 11 is 0. The number of fused-ring (bicyclic) bond motifs is 1. The predicted octanol–water partition coefficient (Wildman–Crippen LogP) is 2.61. The minimum absolute atomic E-state index is 0.161. The molecular weight excluding hydrogens is 273 g/mol. The average Bonchev–Trinajstić information content (AvgIpc) is 2.89. The number of nitrogens with zero attached hydrogens (tertiary/aromatic N) is 1. The number of rotatable bonds is 2. The van der Waals surface area contributed by atoms with Crippen molar-refractivity contribution in [1.29, 1.82) is 0 Å².